The van der Waals surface area contributed by atoms with Gasteiger partial charge in [-0.25, -0.2) is 4.39 Å². The summed E-state index contributed by atoms with van der Waals surface area (Å²) in [4.78, 5) is 16.0. The number of anilines is 2. The van der Waals surface area contributed by atoms with E-state index in [4.69, 9.17) is 5.73 Å². The monoisotopic (exact) mass is 319 g/mol. The van der Waals surface area contributed by atoms with Crippen molar-refractivity contribution >= 4 is 28.6 Å². The molecule has 22 heavy (non-hydrogen) atoms. The molecule has 0 spiro atoms. The lowest BCUT2D eigenvalue weighted by atomic mass is 10.1. The molecule has 1 aromatic carbocycles. The van der Waals surface area contributed by atoms with Crippen LogP contribution < -0.4 is 11.1 Å². The zero-order chi connectivity index (χ0) is 15.7. The van der Waals surface area contributed by atoms with E-state index in [1.54, 1.807) is 11.3 Å². The number of carbonyl (C=O) groups excluding carboxylic acids is 1. The van der Waals surface area contributed by atoms with Gasteiger partial charge in [0.05, 0.1) is 17.4 Å². The number of benzene rings is 1. The van der Waals surface area contributed by atoms with Gasteiger partial charge in [-0.15, -0.1) is 11.3 Å². The number of carbonyl (C=O) groups is 1. The van der Waals surface area contributed by atoms with Crippen molar-refractivity contribution in [2.24, 2.45) is 0 Å². The second kappa shape index (κ2) is 6.06. The maximum absolute atomic E-state index is 13.0. The molecule has 0 fully saturated rings. The summed E-state index contributed by atoms with van der Waals surface area (Å²) in [5, 5.41) is 4.88. The Bertz CT molecular complexity index is 700. The molecule has 1 atom stereocenters. The van der Waals surface area contributed by atoms with Gasteiger partial charge in [0.1, 0.15) is 5.82 Å². The molecule has 2 aromatic rings. The number of amides is 1. The summed E-state index contributed by atoms with van der Waals surface area (Å²) in [6, 6.07) is 5.84. The molecule has 4 nitrogen and oxygen atoms in total. The average molecular weight is 319 g/mol. The van der Waals surface area contributed by atoms with Crippen molar-refractivity contribution in [3.8, 4) is 0 Å². The number of halogens is 1. The van der Waals surface area contributed by atoms with E-state index in [1.165, 1.54) is 28.6 Å². The standard InChI is InChI=1S/C16H18FN3OS/c1-10(20-6-4-15-11(9-20)5-7-22-15)16(21)19-14-3-2-12(17)8-13(14)18/h2-3,5,7-8,10H,4,6,9,18H2,1H3,(H,19,21). The molecule has 0 bridgehead atoms. The quantitative estimate of drug-likeness (QED) is 0.855. The SMILES string of the molecule is CC(C(=O)Nc1ccc(F)cc1N)N1CCc2sccc2C1. The molecule has 0 aliphatic carbocycles. The van der Waals surface area contributed by atoms with Crippen LogP contribution in [0.2, 0.25) is 0 Å². The van der Waals surface area contributed by atoms with Crippen molar-refractivity contribution in [1.82, 2.24) is 4.90 Å². The highest BCUT2D eigenvalue weighted by Crippen LogP contribution is 2.26. The van der Waals surface area contributed by atoms with Crippen LogP contribution in [0.3, 0.4) is 0 Å². The number of thiophene rings is 1. The van der Waals surface area contributed by atoms with Crippen LogP contribution in [0, 0.1) is 5.82 Å². The van der Waals surface area contributed by atoms with Gasteiger partial charge in [-0.1, -0.05) is 0 Å². The molecule has 1 amide bonds. The van der Waals surface area contributed by atoms with Crippen LogP contribution in [0.15, 0.2) is 29.6 Å². The Morgan fingerprint density at radius 1 is 1.45 bits per heavy atom. The molecule has 1 unspecified atom stereocenters. The smallest absolute Gasteiger partial charge is 0.241 e. The predicted molar refractivity (Wildman–Crippen MR) is 87.3 cm³/mol. The molecule has 1 aliphatic rings. The molecule has 3 N–H and O–H groups in total. The van der Waals surface area contributed by atoms with E-state index in [-0.39, 0.29) is 17.6 Å². The van der Waals surface area contributed by atoms with Crippen LogP contribution >= 0.6 is 11.3 Å². The number of hydrogen-bond acceptors (Lipinski definition) is 4. The normalized spacial score (nSPS) is 16.1. The van der Waals surface area contributed by atoms with Gasteiger partial charge in [-0.3, -0.25) is 9.69 Å². The number of rotatable bonds is 3. The van der Waals surface area contributed by atoms with Crippen molar-refractivity contribution in [1.29, 1.82) is 0 Å². The summed E-state index contributed by atoms with van der Waals surface area (Å²) in [6.45, 7) is 3.53. The van der Waals surface area contributed by atoms with Gasteiger partial charge in [-0.05, 0) is 48.6 Å². The molecule has 1 aliphatic heterocycles. The third kappa shape index (κ3) is 2.98. The van der Waals surface area contributed by atoms with Crippen molar-refractivity contribution < 1.29 is 9.18 Å². The maximum Gasteiger partial charge on any atom is 0.241 e. The maximum atomic E-state index is 13.0. The number of fused-ring (bicyclic) bond motifs is 1. The molecule has 3 rings (SSSR count). The zero-order valence-electron chi connectivity index (χ0n) is 12.3. The van der Waals surface area contributed by atoms with Gasteiger partial charge in [0.25, 0.3) is 0 Å². The van der Waals surface area contributed by atoms with Crippen LogP contribution in [-0.2, 0) is 17.8 Å². The minimum atomic E-state index is -0.412. The molecule has 0 saturated heterocycles. The number of hydrogen-bond donors (Lipinski definition) is 2. The number of nitrogens with one attached hydrogen (secondary N) is 1. The first-order chi connectivity index (χ1) is 10.5. The van der Waals surface area contributed by atoms with Crippen LogP contribution in [0.25, 0.3) is 0 Å². The largest absolute Gasteiger partial charge is 0.397 e. The molecule has 2 heterocycles. The zero-order valence-corrected chi connectivity index (χ0v) is 13.1. The first-order valence-electron chi connectivity index (χ1n) is 7.20. The summed E-state index contributed by atoms with van der Waals surface area (Å²) in [5.74, 6) is -0.540. The second-order valence-electron chi connectivity index (χ2n) is 5.49. The molecule has 0 saturated carbocycles. The van der Waals surface area contributed by atoms with Gasteiger partial charge in [0.2, 0.25) is 5.91 Å². The van der Waals surface area contributed by atoms with Gasteiger partial charge in [0.15, 0.2) is 0 Å². The molecule has 6 heteroatoms. The van der Waals surface area contributed by atoms with Crippen molar-refractivity contribution in [2.75, 3.05) is 17.6 Å². The van der Waals surface area contributed by atoms with Crippen molar-refractivity contribution in [2.45, 2.75) is 25.9 Å². The minimum absolute atomic E-state index is 0.128. The number of nitrogens with two attached hydrogens (primary N) is 1. The van der Waals surface area contributed by atoms with E-state index < -0.39 is 5.82 Å². The molecule has 116 valence electrons. The number of nitrogens with zero attached hydrogens (tertiary/aromatic N) is 1. The number of nitrogen functional groups attached to an aromatic ring is 1. The summed E-state index contributed by atoms with van der Waals surface area (Å²) >= 11 is 1.77. The Hall–Kier alpha value is -1.92. The molecular formula is C16H18FN3OS. The fourth-order valence-corrected chi connectivity index (χ4v) is 3.54. The predicted octanol–water partition coefficient (Wildman–Crippen LogP) is 2.85. The fraction of sp³-hybridized carbons (Fsp3) is 0.312. The summed E-state index contributed by atoms with van der Waals surface area (Å²) in [7, 11) is 0. The van der Waals surface area contributed by atoms with E-state index in [1.807, 2.05) is 6.92 Å². The van der Waals surface area contributed by atoms with Crippen LogP contribution in [-0.4, -0.2) is 23.4 Å². The third-order valence-electron chi connectivity index (χ3n) is 4.04. The topological polar surface area (TPSA) is 58.4 Å². The van der Waals surface area contributed by atoms with E-state index in [2.05, 4.69) is 21.7 Å². The third-order valence-corrected chi connectivity index (χ3v) is 5.06. The fourth-order valence-electron chi connectivity index (χ4n) is 2.65. The van der Waals surface area contributed by atoms with E-state index >= 15 is 0 Å². The molecule has 1 aromatic heterocycles. The van der Waals surface area contributed by atoms with Gasteiger partial charge < -0.3 is 11.1 Å². The van der Waals surface area contributed by atoms with E-state index in [0.717, 1.165) is 19.5 Å². The summed E-state index contributed by atoms with van der Waals surface area (Å²) in [6.07, 6.45) is 0.976. The van der Waals surface area contributed by atoms with Gasteiger partial charge in [-0.2, -0.15) is 0 Å². The Morgan fingerprint density at radius 3 is 3.05 bits per heavy atom. The van der Waals surface area contributed by atoms with Gasteiger partial charge in [0, 0.05) is 18.0 Å². The first-order valence-corrected chi connectivity index (χ1v) is 8.08. The Kier molecular flexibility index (Phi) is 4.13. The lowest BCUT2D eigenvalue weighted by Gasteiger charge is -2.31. The molecule has 0 radical (unpaired) electrons. The molecular weight excluding hydrogens is 301 g/mol. The highest BCUT2D eigenvalue weighted by atomic mass is 32.1. The van der Waals surface area contributed by atoms with E-state index in [9.17, 15) is 9.18 Å². The van der Waals surface area contributed by atoms with Crippen LogP contribution in [0.1, 0.15) is 17.4 Å². The Balaban J connectivity index is 1.67. The van der Waals surface area contributed by atoms with Crippen molar-refractivity contribution in [3.63, 3.8) is 0 Å². The first kappa shape index (κ1) is 15.0. The van der Waals surface area contributed by atoms with E-state index in [0.29, 0.717) is 5.69 Å². The van der Waals surface area contributed by atoms with Gasteiger partial charge >= 0.3 is 0 Å². The van der Waals surface area contributed by atoms with Crippen molar-refractivity contribution in [3.05, 3.63) is 45.9 Å². The lowest BCUT2D eigenvalue weighted by molar-refractivity contribution is -0.121. The minimum Gasteiger partial charge on any atom is -0.397 e. The highest BCUT2D eigenvalue weighted by Gasteiger charge is 2.26. The Morgan fingerprint density at radius 2 is 2.27 bits per heavy atom. The lowest BCUT2D eigenvalue weighted by Crippen LogP contribution is -2.44. The average Bonchev–Trinajstić information content (AvgIpc) is 2.96. The second-order valence-corrected chi connectivity index (χ2v) is 6.49. The van der Waals surface area contributed by atoms with Crippen LogP contribution in [0.4, 0.5) is 15.8 Å². The summed E-state index contributed by atoms with van der Waals surface area (Å²) < 4.78 is 13.0. The Labute approximate surface area is 132 Å². The summed E-state index contributed by atoms with van der Waals surface area (Å²) in [5.41, 5.74) is 7.72. The van der Waals surface area contributed by atoms with Crippen LogP contribution in [0.5, 0.6) is 0 Å². The highest BCUT2D eigenvalue weighted by molar-refractivity contribution is 7.10.